The lowest BCUT2D eigenvalue weighted by Crippen LogP contribution is -2.43. The van der Waals surface area contributed by atoms with Crippen molar-refractivity contribution in [1.29, 1.82) is 0 Å². The number of methoxy groups -OCH3 is 1. The van der Waals surface area contributed by atoms with Gasteiger partial charge in [-0.05, 0) is 23.8 Å². The van der Waals surface area contributed by atoms with Crippen molar-refractivity contribution in [1.82, 2.24) is 9.97 Å². The predicted octanol–water partition coefficient (Wildman–Crippen LogP) is 5.83. The molecule has 1 aliphatic heterocycles. The first-order valence-corrected chi connectivity index (χ1v) is 11.6. The normalized spacial score (nSPS) is 17.4. The van der Waals surface area contributed by atoms with Gasteiger partial charge in [-0.15, -0.1) is 0 Å². The van der Waals surface area contributed by atoms with Crippen LogP contribution in [0.5, 0.6) is 17.2 Å². The molecule has 5 rings (SSSR count). The highest BCUT2D eigenvalue weighted by molar-refractivity contribution is 5.98. The summed E-state index contributed by atoms with van der Waals surface area (Å²) in [6.45, 7) is -1.69. The number of aliphatic imine (C=N–C) groups is 1. The van der Waals surface area contributed by atoms with Crippen LogP contribution in [-0.4, -0.2) is 53.6 Å². The first-order valence-electron chi connectivity index (χ1n) is 11.6. The summed E-state index contributed by atoms with van der Waals surface area (Å²) in [5.74, 6) is -3.41. The summed E-state index contributed by atoms with van der Waals surface area (Å²) in [5, 5.41) is 11.8. The van der Waals surface area contributed by atoms with E-state index < -0.39 is 60.3 Å². The van der Waals surface area contributed by atoms with E-state index in [1.54, 1.807) is 0 Å². The highest BCUT2D eigenvalue weighted by Gasteiger charge is 2.35. The third kappa shape index (κ3) is 5.21. The largest absolute Gasteiger partial charge is 0.496 e. The van der Waals surface area contributed by atoms with E-state index >= 15 is 8.78 Å². The summed E-state index contributed by atoms with van der Waals surface area (Å²) < 4.78 is 99.6. The summed E-state index contributed by atoms with van der Waals surface area (Å²) in [7, 11) is 1.11. The topological polar surface area (TPSA) is 101 Å². The summed E-state index contributed by atoms with van der Waals surface area (Å²) >= 11 is 0. The van der Waals surface area contributed by atoms with Crippen molar-refractivity contribution < 1.29 is 45.7 Å². The minimum Gasteiger partial charge on any atom is -0.496 e. The van der Waals surface area contributed by atoms with Gasteiger partial charge in [-0.3, -0.25) is 0 Å². The number of nitrogens with zero attached hydrogens (tertiary/aromatic N) is 2. The minimum atomic E-state index is -4.64. The Balaban J connectivity index is 1.46. The molecule has 8 nitrogen and oxygen atoms in total. The number of halogens is 6. The van der Waals surface area contributed by atoms with Crippen LogP contribution in [0.15, 0.2) is 53.8 Å². The Bertz CT molecular complexity index is 1580. The van der Waals surface area contributed by atoms with E-state index in [2.05, 4.69) is 20.3 Å². The molecule has 4 aromatic rings. The van der Waals surface area contributed by atoms with E-state index in [9.17, 15) is 17.6 Å². The molecule has 1 atom stereocenters. The van der Waals surface area contributed by atoms with Gasteiger partial charge in [0, 0.05) is 35.8 Å². The number of H-pyrrole nitrogens is 1. The number of alkyl halides is 4. The highest BCUT2D eigenvalue weighted by Crippen LogP contribution is 2.42. The lowest BCUT2D eigenvalue weighted by Gasteiger charge is -2.26. The third-order valence-electron chi connectivity index (χ3n) is 6.07. The van der Waals surface area contributed by atoms with Gasteiger partial charge in [-0.25, -0.2) is 23.1 Å². The molecular formula is C26H20F6N4O4. The van der Waals surface area contributed by atoms with Crippen LogP contribution in [-0.2, 0) is 10.9 Å². The average Bonchev–Trinajstić information content (AvgIpc) is 3.36. The predicted molar refractivity (Wildman–Crippen MR) is 132 cm³/mol. The van der Waals surface area contributed by atoms with Crippen molar-refractivity contribution in [3.8, 4) is 28.4 Å². The van der Waals surface area contributed by atoms with Gasteiger partial charge in [0.15, 0.2) is 23.1 Å². The molecule has 1 aliphatic rings. The number of rotatable bonds is 6. The molecule has 0 amide bonds. The second-order valence-electron chi connectivity index (χ2n) is 8.86. The van der Waals surface area contributed by atoms with Gasteiger partial charge >= 0.3 is 6.18 Å². The Kier molecular flexibility index (Phi) is 6.96. The van der Waals surface area contributed by atoms with Gasteiger partial charge in [0.25, 0.3) is 6.02 Å². The maximum Gasteiger partial charge on any atom is 0.419 e. The molecule has 3 N–H and O–H groups in total. The molecule has 2 aromatic carbocycles. The van der Waals surface area contributed by atoms with Crippen molar-refractivity contribution in [3.63, 3.8) is 0 Å². The van der Waals surface area contributed by atoms with Crippen LogP contribution < -0.4 is 14.8 Å². The maximum atomic E-state index is 15.0. The Morgan fingerprint density at radius 2 is 1.88 bits per heavy atom. The number of anilines is 1. The van der Waals surface area contributed by atoms with Crippen LogP contribution in [0, 0.1) is 11.6 Å². The number of ether oxygens (including phenoxy) is 3. The van der Waals surface area contributed by atoms with Crippen molar-refractivity contribution >= 4 is 22.7 Å². The number of aromatic amines is 1. The number of hydrogen-bond acceptors (Lipinski definition) is 7. The molecule has 0 aliphatic carbocycles. The Hall–Kier alpha value is -4.46. The fourth-order valence-corrected chi connectivity index (χ4v) is 4.07. The zero-order chi connectivity index (χ0) is 28.7. The minimum absolute atomic E-state index is 0.0260. The lowest BCUT2D eigenvalue weighted by molar-refractivity contribution is -0.138. The molecule has 0 fully saturated rings. The number of fused-ring (bicyclic) bond motifs is 1. The Morgan fingerprint density at radius 1 is 1.12 bits per heavy atom. The first kappa shape index (κ1) is 27.1. The first-order chi connectivity index (χ1) is 19.0. The summed E-state index contributed by atoms with van der Waals surface area (Å²) in [6, 6.07) is 6.26. The van der Waals surface area contributed by atoms with Gasteiger partial charge in [-0.2, -0.15) is 13.2 Å². The van der Waals surface area contributed by atoms with E-state index in [0.29, 0.717) is 11.1 Å². The fraction of sp³-hybridized carbons (Fsp3) is 0.231. The molecular weight excluding hydrogens is 546 g/mol. The van der Waals surface area contributed by atoms with E-state index in [0.717, 1.165) is 25.3 Å². The molecule has 0 unspecified atom stereocenters. The van der Waals surface area contributed by atoms with Gasteiger partial charge in [-0.1, -0.05) is 6.07 Å². The van der Waals surface area contributed by atoms with Gasteiger partial charge in [0.05, 0.1) is 31.2 Å². The SMILES string of the molecule is COc1cc(-c2c[nH]c3nccc(Oc4c(F)cc(NC5=NC[C@@](F)(CO)CO5)cc4F)c23)ccc1C(F)(F)F. The third-order valence-corrected chi connectivity index (χ3v) is 6.07. The Morgan fingerprint density at radius 3 is 2.50 bits per heavy atom. The molecule has 2 aromatic heterocycles. The zero-order valence-corrected chi connectivity index (χ0v) is 20.6. The van der Waals surface area contributed by atoms with Crippen molar-refractivity contribution in [2.75, 3.05) is 32.2 Å². The molecule has 0 radical (unpaired) electrons. The summed E-state index contributed by atoms with van der Waals surface area (Å²) in [4.78, 5) is 10.8. The number of pyridine rings is 1. The van der Waals surface area contributed by atoms with Crippen molar-refractivity contribution in [2.45, 2.75) is 11.8 Å². The number of hydrogen-bond donors (Lipinski definition) is 3. The lowest BCUT2D eigenvalue weighted by atomic mass is 10.0. The van der Waals surface area contributed by atoms with Crippen LogP contribution in [0.2, 0.25) is 0 Å². The van der Waals surface area contributed by atoms with E-state index in [1.165, 1.54) is 30.6 Å². The van der Waals surface area contributed by atoms with E-state index in [-0.39, 0.29) is 28.5 Å². The molecule has 0 saturated heterocycles. The summed E-state index contributed by atoms with van der Waals surface area (Å²) in [6.07, 6.45) is -1.84. The average molecular weight is 566 g/mol. The van der Waals surface area contributed by atoms with Gasteiger partial charge in [0.2, 0.25) is 0 Å². The molecule has 0 spiro atoms. The highest BCUT2D eigenvalue weighted by atomic mass is 19.4. The molecule has 40 heavy (non-hydrogen) atoms. The van der Waals surface area contributed by atoms with Crippen LogP contribution in [0.3, 0.4) is 0 Å². The second kappa shape index (κ2) is 10.3. The fourth-order valence-electron chi connectivity index (χ4n) is 4.07. The smallest absolute Gasteiger partial charge is 0.419 e. The molecule has 0 saturated carbocycles. The summed E-state index contributed by atoms with van der Waals surface area (Å²) in [5.41, 5.74) is -2.20. The van der Waals surface area contributed by atoms with Gasteiger partial charge in [0.1, 0.15) is 23.8 Å². The maximum absolute atomic E-state index is 15.0. The monoisotopic (exact) mass is 566 g/mol. The quantitative estimate of drug-likeness (QED) is 0.254. The number of aliphatic hydroxyl groups excluding tert-OH is 1. The van der Waals surface area contributed by atoms with Crippen molar-refractivity contribution in [2.24, 2.45) is 4.99 Å². The van der Waals surface area contributed by atoms with Crippen molar-refractivity contribution in [3.05, 3.63) is 66.0 Å². The number of aliphatic hydroxyl groups is 1. The molecule has 3 heterocycles. The number of nitrogens with one attached hydrogen (secondary N) is 2. The Labute approximate surface area is 222 Å². The molecule has 210 valence electrons. The van der Waals surface area contributed by atoms with Crippen LogP contribution in [0.4, 0.5) is 32.0 Å². The van der Waals surface area contributed by atoms with E-state index in [1.807, 2.05) is 0 Å². The standard InChI is InChI=1S/C26H20F6N4O4/c1-38-20-6-13(2-3-16(20)26(30,31)32)15-9-34-23-21(15)19(4-5-33-23)40-22-17(27)7-14(8-18(22)28)36-24-35-10-25(29,11-37)12-39-24/h2-9,37H,10-12H2,1H3,(H,33,34)(H,35,36)/t25-/m1/s1. The molecule has 14 heteroatoms. The number of benzene rings is 2. The van der Waals surface area contributed by atoms with Gasteiger partial charge < -0.3 is 29.6 Å². The molecule has 0 bridgehead atoms. The second-order valence-corrected chi connectivity index (χ2v) is 8.86. The number of amidine groups is 1. The zero-order valence-electron chi connectivity index (χ0n) is 20.6. The van der Waals surface area contributed by atoms with Crippen LogP contribution >= 0.6 is 0 Å². The van der Waals surface area contributed by atoms with E-state index in [4.69, 9.17) is 19.3 Å². The van der Waals surface area contributed by atoms with Crippen LogP contribution in [0.25, 0.3) is 22.2 Å². The van der Waals surface area contributed by atoms with Crippen LogP contribution in [0.1, 0.15) is 5.56 Å². The number of aromatic nitrogens is 2.